The highest BCUT2D eigenvalue weighted by molar-refractivity contribution is 5.19. The second-order valence-corrected chi connectivity index (χ2v) is 5.43. The number of rotatable bonds is 10. The zero-order valence-electron chi connectivity index (χ0n) is 12.3. The lowest BCUT2D eigenvalue weighted by Crippen LogP contribution is -1.97. The molecule has 0 N–H and O–H groups in total. The minimum atomic E-state index is 0.779. The summed E-state index contributed by atoms with van der Waals surface area (Å²) < 4.78 is 0. The van der Waals surface area contributed by atoms with Crippen molar-refractivity contribution in [2.75, 3.05) is 0 Å². The van der Waals surface area contributed by atoms with Crippen LogP contribution in [0.2, 0.25) is 0 Å². The summed E-state index contributed by atoms with van der Waals surface area (Å²) >= 11 is 0. The normalized spacial score (nSPS) is 12.6. The highest BCUT2D eigenvalue weighted by atomic mass is 14.1. The first-order chi connectivity index (χ1) is 8.88. The molecule has 0 aliphatic rings. The van der Waals surface area contributed by atoms with Gasteiger partial charge in [-0.15, -0.1) is 0 Å². The Labute approximate surface area is 114 Å². The number of hydrogen-bond acceptors (Lipinski definition) is 0. The average molecular weight is 246 g/mol. The lowest BCUT2D eigenvalue weighted by molar-refractivity contribution is 0.525. The summed E-state index contributed by atoms with van der Waals surface area (Å²) in [6.45, 7) is 4.60. The van der Waals surface area contributed by atoms with Crippen LogP contribution in [-0.2, 0) is 0 Å². The van der Waals surface area contributed by atoms with Gasteiger partial charge in [0.2, 0.25) is 0 Å². The van der Waals surface area contributed by atoms with Crippen molar-refractivity contribution >= 4 is 0 Å². The lowest BCUT2D eigenvalue weighted by Gasteiger charge is -2.15. The molecular formula is C18H30. The molecule has 0 saturated carbocycles. The van der Waals surface area contributed by atoms with E-state index >= 15 is 0 Å². The van der Waals surface area contributed by atoms with E-state index in [4.69, 9.17) is 0 Å². The summed E-state index contributed by atoms with van der Waals surface area (Å²) in [7, 11) is 0. The molecule has 1 aromatic carbocycles. The summed E-state index contributed by atoms with van der Waals surface area (Å²) in [5.41, 5.74) is 1.53. The van der Waals surface area contributed by atoms with E-state index in [0.717, 1.165) is 5.92 Å². The molecule has 0 nitrogen and oxygen atoms in total. The predicted molar refractivity (Wildman–Crippen MR) is 82.1 cm³/mol. The SMILES string of the molecule is CCCCCCCCC[C@H](CC)c1ccccc1. The minimum absolute atomic E-state index is 0.779. The molecule has 0 radical (unpaired) electrons. The fourth-order valence-corrected chi connectivity index (χ4v) is 2.68. The van der Waals surface area contributed by atoms with Crippen molar-refractivity contribution in [1.29, 1.82) is 0 Å². The maximum Gasteiger partial charge on any atom is -0.0165 e. The second-order valence-electron chi connectivity index (χ2n) is 5.43. The van der Waals surface area contributed by atoms with Gasteiger partial charge in [-0.05, 0) is 24.3 Å². The topological polar surface area (TPSA) is 0 Å². The van der Waals surface area contributed by atoms with Gasteiger partial charge in [0.1, 0.15) is 0 Å². The first kappa shape index (κ1) is 15.3. The second kappa shape index (κ2) is 10.2. The summed E-state index contributed by atoms with van der Waals surface area (Å²) in [4.78, 5) is 0. The van der Waals surface area contributed by atoms with Crippen LogP contribution in [0, 0.1) is 0 Å². The molecule has 102 valence electrons. The molecule has 0 aliphatic heterocycles. The van der Waals surface area contributed by atoms with E-state index in [-0.39, 0.29) is 0 Å². The van der Waals surface area contributed by atoms with Gasteiger partial charge in [0.05, 0.1) is 0 Å². The van der Waals surface area contributed by atoms with E-state index in [1.54, 1.807) is 0 Å². The molecule has 1 rings (SSSR count). The zero-order valence-corrected chi connectivity index (χ0v) is 12.3. The van der Waals surface area contributed by atoms with E-state index in [9.17, 15) is 0 Å². The number of benzene rings is 1. The molecule has 0 bridgehead atoms. The van der Waals surface area contributed by atoms with Gasteiger partial charge in [-0.2, -0.15) is 0 Å². The Hall–Kier alpha value is -0.780. The molecule has 0 heteroatoms. The third kappa shape index (κ3) is 6.23. The fraction of sp³-hybridized carbons (Fsp3) is 0.667. The van der Waals surface area contributed by atoms with Gasteiger partial charge < -0.3 is 0 Å². The zero-order chi connectivity index (χ0) is 13.1. The lowest BCUT2D eigenvalue weighted by atomic mass is 9.91. The van der Waals surface area contributed by atoms with Crippen LogP contribution < -0.4 is 0 Å². The van der Waals surface area contributed by atoms with Gasteiger partial charge in [0.25, 0.3) is 0 Å². The number of hydrogen-bond donors (Lipinski definition) is 0. The van der Waals surface area contributed by atoms with E-state index in [1.165, 1.54) is 63.4 Å². The molecule has 1 aromatic rings. The van der Waals surface area contributed by atoms with Crippen molar-refractivity contribution in [3.05, 3.63) is 35.9 Å². The molecule has 0 aliphatic carbocycles. The first-order valence-electron chi connectivity index (χ1n) is 7.93. The number of unbranched alkanes of at least 4 members (excludes halogenated alkanes) is 6. The maximum absolute atomic E-state index is 2.32. The van der Waals surface area contributed by atoms with Gasteiger partial charge >= 0.3 is 0 Å². The highest BCUT2D eigenvalue weighted by Crippen LogP contribution is 2.25. The van der Waals surface area contributed by atoms with Crippen molar-refractivity contribution in [3.8, 4) is 0 Å². The Morgan fingerprint density at radius 3 is 2.00 bits per heavy atom. The van der Waals surface area contributed by atoms with E-state index in [1.807, 2.05) is 0 Å². The van der Waals surface area contributed by atoms with Gasteiger partial charge in [-0.1, -0.05) is 89.1 Å². The highest BCUT2D eigenvalue weighted by Gasteiger charge is 2.07. The van der Waals surface area contributed by atoms with Crippen LogP contribution in [0.15, 0.2) is 30.3 Å². The van der Waals surface area contributed by atoms with Crippen LogP contribution in [-0.4, -0.2) is 0 Å². The molecule has 0 saturated heterocycles. The Balaban J connectivity index is 2.13. The van der Waals surface area contributed by atoms with Gasteiger partial charge in [0.15, 0.2) is 0 Å². The van der Waals surface area contributed by atoms with Gasteiger partial charge in [0, 0.05) is 0 Å². The average Bonchev–Trinajstić information content (AvgIpc) is 2.43. The third-order valence-corrected chi connectivity index (χ3v) is 3.92. The summed E-state index contributed by atoms with van der Waals surface area (Å²) in [5, 5.41) is 0. The third-order valence-electron chi connectivity index (χ3n) is 3.92. The molecule has 0 heterocycles. The fourth-order valence-electron chi connectivity index (χ4n) is 2.68. The van der Waals surface area contributed by atoms with Crippen LogP contribution in [0.25, 0.3) is 0 Å². The summed E-state index contributed by atoms with van der Waals surface area (Å²) in [5.74, 6) is 0.779. The van der Waals surface area contributed by atoms with Crippen LogP contribution in [0.4, 0.5) is 0 Å². The van der Waals surface area contributed by atoms with E-state index < -0.39 is 0 Å². The Morgan fingerprint density at radius 2 is 1.39 bits per heavy atom. The summed E-state index contributed by atoms with van der Waals surface area (Å²) in [6, 6.07) is 11.0. The van der Waals surface area contributed by atoms with Crippen LogP contribution in [0.5, 0.6) is 0 Å². The maximum atomic E-state index is 2.32. The molecule has 0 amide bonds. The molecule has 0 spiro atoms. The van der Waals surface area contributed by atoms with Crippen molar-refractivity contribution in [2.24, 2.45) is 0 Å². The molecule has 0 fully saturated rings. The van der Waals surface area contributed by atoms with Crippen LogP contribution in [0.1, 0.15) is 83.1 Å². The van der Waals surface area contributed by atoms with Gasteiger partial charge in [-0.25, -0.2) is 0 Å². The Kier molecular flexibility index (Phi) is 8.63. The van der Waals surface area contributed by atoms with Crippen molar-refractivity contribution in [2.45, 2.75) is 77.6 Å². The summed E-state index contributed by atoms with van der Waals surface area (Å²) in [6.07, 6.45) is 12.6. The quantitative estimate of drug-likeness (QED) is 0.424. The monoisotopic (exact) mass is 246 g/mol. The molecule has 0 aromatic heterocycles. The smallest absolute Gasteiger partial charge is 0.0165 e. The minimum Gasteiger partial charge on any atom is -0.0654 e. The molecule has 1 atom stereocenters. The molecular weight excluding hydrogens is 216 g/mol. The van der Waals surface area contributed by atoms with Crippen molar-refractivity contribution < 1.29 is 0 Å². The van der Waals surface area contributed by atoms with Crippen molar-refractivity contribution in [1.82, 2.24) is 0 Å². The predicted octanol–water partition coefficient (Wildman–Crippen LogP) is 6.32. The van der Waals surface area contributed by atoms with E-state index in [2.05, 4.69) is 44.2 Å². The molecule has 18 heavy (non-hydrogen) atoms. The van der Waals surface area contributed by atoms with E-state index in [0.29, 0.717) is 0 Å². The van der Waals surface area contributed by atoms with Crippen molar-refractivity contribution in [3.63, 3.8) is 0 Å². The standard InChI is InChI=1S/C18H30/c1-3-5-6-7-8-9-11-14-17(4-2)18-15-12-10-13-16-18/h10,12-13,15-17H,3-9,11,14H2,1-2H3/t17-/m0/s1. The first-order valence-corrected chi connectivity index (χ1v) is 7.93. The Morgan fingerprint density at radius 1 is 0.778 bits per heavy atom. The largest absolute Gasteiger partial charge is 0.0654 e. The van der Waals surface area contributed by atoms with Gasteiger partial charge in [-0.3, -0.25) is 0 Å². The van der Waals surface area contributed by atoms with Crippen LogP contribution in [0.3, 0.4) is 0 Å². The van der Waals surface area contributed by atoms with Crippen LogP contribution >= 0.6 is 0 Å². The Bertz CT molecular complexity index is 275. The molecule has 0 unspecified atom stereocenters.